The molecule has 2 aromatic heterocycles. The maximum atomic E-state index is 13.2. The molecule has 1 atom stereocenters. The maximum Gasteiger partial charge on any atom is 0.435 e. The molecule has 28 heavy (non-hydrogen) atoms. The van der Waals surface area contributed by atoms with Gasteiger partial charge in [0.25, 0.3) is 0 Å². The van der Waals surface area contributed by atoms with Crippen LogP contribution in [0.4, 0.5) is 13.2 Å². The topological polar surface area (TPSA) is 39.9 Å². The van der Waals surface area contributed by atoms with Crippen LogP contribution in [0.1, 0.15) is 17.8 Å². The summed E-state index contributed by atoms with van der Waals surface area (Å²) >= 11 is 6.29. The molecule has 0 aliphatic heterocycles. The van der Waals surface area contributed by atoms with Gasteiger partial charge in [0, 0.05) is 17.8 Å². The SMILES string of the molecule is FC(F)(F)c1cc(COc2ccc3ccncc3c2)n(C2=CC=CCC2Cl)n1. The molecular formula is C20H15ClF3N3O. The van der Waals surface area contributed by atoms with Gasteiger partial charge in [0.2, 0.25) is 0 Å². The van der Waals surface area contributed by atoms with Crippen LogP contribution >= 0.6 is 11.6 Å². The van der Waals surface area contributed by atoms with Gasteiger partial charge in [-0.25, -0.2) is 4.68 Å². The van der Waals surface area contributed by atoms with Crippen LogP contribution in [0.3, 0.4) is 0 Å². The molecule has 0 amide bonds. The fourth-order valence-corrected chi connectivity index (χ4v) is 3.26. The van der Waals surface area contributed by atoms with E-state index in [0.717, 1.165) is 16.8 Å². The summed E-state index contributed by atoms with van der Waals surface area (Å²) in [4.78, 5) is 4.06. The second-order valence-corrected chi connectivity index (χ2v) is 6.85. The van der Waals surface area contributed by atoms with Crippen LogP contribution in [0.25, 0.3) is 16.5 Å². The van der Waals surface area contributed by atoms with Crippen molar-refractivity contribution in [1.82, 2.24) is 14.8 Å². The Kier molecular flexibility index (Phi) is 4.85. The predicted octanol–water partition coefficient (Wildman–Crippen LogP) is 5.44. The van der Waals surface area contributed by atoms with Gasteiger partial charge in [-0.15, -0.1) is 11.6 Å². The summed E-state index contributed by atoms with van der Waals surface area (Å²) < 4.78 is 46.6. The average molecular weight is 406 g/mol. The number of hydrogen-bond donors (Lipinski definition) is 0. The zero-order valence-corrected chi connectivity index (χ0v) is 15.3. The summed E-state index contributed by atoms with van der Waals surface area (Å²) in [6, 6.07) is 8.29. The Hall–Kier alpha value is -2.80. The van der Waals surface area contributed by atoms with Crippen molar-refractivity contribution in [2.45, 2.75) is 24.6 Å². The molecule has 0 spiro atoms. The molecule has 4 nitrogen and oxygen atoms in total. The van der Waals surface area contributed by atoms with E-state index in [-0.39, 0.29) is 12.3 Å². The van der Waals surface area contributed by atoms with Crippen LogP contribution in [0, 0.1) is 0 Å². The summed E-state index contributed by atoms with van der Waals surface area (Å²) in [7, 11) is 0. The van der Waals surface area contributed by atoms with Gasteiger partial charge >= 0.3 is 6.18 Å². The van der Waals surface area contributed by atoms with E-state index in [1.165, 1.54) is 4.68 Å². The molecule has 0 saturated carbocycles. The van der Waals surface area contributed by atoms with Crippen molar-refractivity contribution in [2.24, 2.45) is 0 Å². The van der Waals surface area contributed by atoms with Crippen molar-refractivity contribution in [3.63, 3.8) is 0 Å². The number of nitrogens with zero attached hydrogens (tertiary/aromatic N) is 3. The van der Waals surface area contributed by atoms with Gasteiger partial charge in [-0.05, 0) is 42.1 Å². The number of benzene rings is 1. The van der Waals surface area contributed by atoms with Crippen LogP contribution in [0.2, 0.25) is 0 Å². The first-order valence-corrected chi connectivity index (χ1v) is 8.99. The van der Waals surface area contributed by atoms with E-state index >= 15 is 0 Å². The van der Waals surface area contributed by atoms with E-state index in [1.54, 1.807) is 36.7 Å². The highest BCUT2D eigenvalue weighted by Gasteiger charge is 2.35. The van der Waals surface area contributed by atoms with E-state index in [1.807, 2.05) is 18.2 Å². The Morgan fingerprint density at radius 1 is 1.18 bits per heavy atom. The lowest BCUT2D eigenvalue weighted by Crippen LogP contribution is -2.16. The van der Waals surface area contributed by atoms with Crippen molar-refractivity contribution in [3.05, 3.63) is 72.3 Å². The van der Waals surface area contributed by atoms with Gasteiger partial charge in [-0.3, -0.25) is 4.98 Å². The van der Waals surface area contributed by atoms with Crippen molar-refractivity contribution >= 4 is 28.1 Å². The number of hydrogen-bond acceptors (Lipinski definition) is 3. The molecular weight excluding hydrogens is 391 g/mol. The number of rotatable bonds is 4. The van der Waals surface area contributed by atoms with Crippen LogP contribution in [-0.2, 0) is 12.8 Å². The Morgan fingerprint density at radius 2 is 2.04 bits per heavy atom. The summed E-state index contributed by atoms with van der Waals surface area (Å²) in [6.07, 6.45) is 4.63. The summed E-state index contributed by atoms with van der Waals surface area (Å²) in [5.74, 6) is 0.529. The highest BCUT2D eigenvalue weighted by molar-refractivity contribution is 6.25. The number of fused-ring (bicyclic) bond motifs is 1. The number of aromatic nitrogens is 3. The highest BCUT2D eigenvalue weighted by atomic mass is 35.5. The van der Waals surface area contributed by atoms with Crippen LogP contribution < -0.4 is 4.74 Å². The van der Waals surface area contributed by atoms with Crippen molar-refractivity contribution in [3.8, 4) is 5.75 Å². The van der Waals surface area contributed by atoms with Gasteiger partial charge in [0.05, 0.1) is 16.8 Å². The first-order chi connectivity index (χ1) is 13.4. The zero-order chi connectivity index (χ0) is 19.7. The molecule has 0 N–H and O–H groups in total. The summed E-state index contributed by atoms with van der Waals surface area (Å²) in [6.45, 7) is -0.0838. The molecule has 0 radical (unpaired) electrons. The van der Waals surface area contributed by atoms with E-state index in [2.05, 4.69) is 10.1 Å². The number of alkyl halides is 4. The third kappa shape index (κ3) is 3.75. The summed E-state index contributed by atoms with van der Waals surface area (Å²) in [5, 5.41) is 5.15. The molecule has 1 unspecified atom stereocenters. The second-order valence-electron chi connectivity index (χ2n) is 6.33. The first-order valence-electron chi connectivity index (χ1n) is 8.56. The minimum absolute atomic E-state index is 0.0838. The average Bonchev–Trinajstić information content (AvgIpc) is 3.11. The zero-order valence-electron chi connectivity index (χ0n) is 14.5. The minimum atomic E-state index is -4.55. The molecule has 144 valence electrons. The minimum Gasteiger partial charge on any atom is -0.487 e. The Balaban J connectivity index is 1.64. The molecule has 0 fully saturated rings. The molecule has 3 aromatic rings. The second kappa shape index (κ2) is 7.31. The lowest BCUT2D eigenvalue weighted by molar-refractivity contribution is -0.141. The van der Waals surface area contributed by atoms with Crippen molar-refractivity contribution < 1.29 is 17.9 Å². The fraction of sp³-hybridized carbons (Fsp3) is 0.200. The number of allylic oxidation sites excluding steroid dienone is 4. The van der Waals surface area contributed by atoms with Crippen LogP contribution in [-0.4, -0.2) is 20.1 Å². The van der Waals surface area contributed by atoms with Gasteiger partial charge in [0.15, 0.2) is 5.69 Å². The van der Waals surface area contributed by atoms with Crippen LogP contribution in [0.5, 0.6) is 5.75 Å². The van der Waals surface area contributed by atoms with E-state index in [9.17, 15) is 13.2 Å². The molecule has 4 rings (SSSR count). The third-order valence-electron chi connectivity index (χ3n) is 4.38. The Morgan fingerprint density at radius 3 is 2.82 bits per heavy atom. The van der Waals surface area contributed by atoms with E-state index in [0.29, 0.717) is 17.9 Å². The normalized spacial score (nSPS) is 17.0. The number of halogens is 4. The molecule has 0 saturated heterocycles. The van der Waals surface area contributed by atoms with E-state index < -0.39 is 17.2 Å². The predicted molar refractivity (Wildman–Crippen MR) is 101 cm³/mol. The smallest absolute Gasteiger partial charge is 0.435 e. The van der Waals surface area contributed by atoms with Gasteiger partial charge < -0.3 is 4.74 Å². The Bertz CT molecular complexity index is 1070. The quantitative estimate of drug-likeness (QED) is 0.543. The lowest BCUT2D eigenvalue weighted by atomic mass is 10.1. The monoisotopic (exact) mass is 405 g/mol. The molecule has 1 aliphatic rings. The highest BCUT2D eigenvalue weighted by Crippen LogP contribution is 2.32. The first kappa shape index (κ1) is 18.6. The van der Waals surface area contributed by atoms with Gasteiger partial charge in [-0.1, -0.05) is 18.2 Å². The third-order valence-corrected chi connectivity index (χ3v) is 4.79. The number of ether oxygens (including phenoxy) is 1. The van der Waals surface area contributed by atoms with Gasteiger partial charge in [-0.2, -0.15) is 18.3 Å². The van der Waals surface area contributed by atoms with Crippen LogP contribution in [0.15, 0.2) is 61.0 Å². The number of pyridine rings is 1. The fourth-order valence-electron chi connectivity index (χ4n) is 2.99. The summed E-state index contributed by atoms with van der Waals surface area (Å²) in [5.41, 5.74) is -0.222. The molecule has 8 heteroatoms. The largest absolute Gasteiger partial charge is 0.487 e. The molecule has 1 aromatic carbocycles. The standard InChI is InChI=1S/C20H15ClF3N3O/c21-17-3-1-2-4-18(17)27-15(10-19(26-27)20(22,23)24)12-28-16-6-5-13-7-8-25-11-14(13)9-16/h1-2,4-11,17H,3,12H2. The van der Waals surface area contributed by atoms with Crippen molar-refractivity contribution in [2.75, 3.05) is 0 Å². The van der Waals surface area contributed by atoms with Gasteiger partial charge in [0.1, 0.15) is 12.4 Å². The Labute approximate surface area is 163 Å². The molecule has 0 bridgehead atoms. The lowest BCUT2D eigenvalue weighted by Gasteiger charge is -2.18. The molecule has 1 aliphatic carbocycles. The van der Waals surface area contributed by atoms with Crippen molar-refractivity contribution in [1.29, 1.82) is 0 Å². The molecule has 2 heterocycles. The maximum absolute atomic E-state index is 13.2. The van der Waals surface area contributed by atoms with E-state index in [4.69, 9.17) is 16.3 Å².